The molecule has 0 radical (unpaired) electrons. The van der Waals surface area contributed by atoms with Gasteiger partial charge in [0.1, 0.15) is 0 Å². The highest BCUT2D eigenvalue weighted by molar-refractivity contribution is 14.1. The highest BCUT2D eigenvalue weighted by atomic mass is 127. The lowest BCUT2D eigenvalue weighted by atomic mass is 10.2. The Morgan fingerprint density at radius 3 is 2.58 bits per heavy atom. The maximum absolute atomic E-state index is 12.8. The SMILES string of the molecule is O=S(=O)(/C=C/COCCI)c1nc2ccccc2n1Cc1ccccc1. The van der Waals surface area contributed by atoms with Gasteiger partial charge in [-0.1, -0.05) is 65.1 Å². The van der Waals surface area contributed by atoms with Crippen molar-refractivity contribution in [2.75, 3.05) is 17.6 Å². The van der Waals surface area contributed by atoms with E-state index < -0.39 is 9.84 Å². The minimum Gasteiger partial charge on any atom is -0.377 e. The number of fused-ring (bicyclic) bond motifs is 1. The summed E-state index contributed by atoms with van der Waals surface area (Å²) < 4.78 is 33.6. The number of alkyl halides is 1. The van der Waals surface area contributed by atoms with E-state index in [-0.39, 0.29) is 11.8 Å². The van der Waals surface area contributed by atoms with Crippen molar-refractivity contribution in [3.05, 3.63) is 71.6 Å². The average Bonchev–Trinajstić information content (AvgIpc) is 3.02. The third-order valence-electron chi connectivity index (χ3n) is 3.77. The van der Waals surface area contributed by atoms with Crippen LogP contribution >= 0.6 is 22.6 Å². The normalized spacial score (nSPS) is 12.2. The monoisotopic (exact) mass is 482 g/mol. The molecule has 1 aromatic heterocycles. The predicted octanol–water partition coefficient (Wildman–Crippen LogP) is 3.82. The first kappa shape index (κ1) is 19.1. The molecule has 0 bridgehead atoms. The van der Waals surface area contributed by atoms with Gasteiger partial charge in [0, 0.05) is 9.84 Å². The van der Waals surface area contributed by atoms with Crippen molar-refractivity contribution in [2.45, 2.75) is 11.7 Å². The second-order valence-corrected chi connectivity index (χ2v) is 8.44. The van der Waals surface area contributed by atoms with Crippen molar-refractivity contribution in [3.63, 3.8) is 0 Å². The van der Waals surface area contributed by atoms with E-state index in [4.69, 9.17) is 4.74 Å². The Bertz CT molecular complexity index is 998. The molecule has 26 heavy (non-hydrogen) atoms. The predicted molar refractivity (Wildman–Crippen MR) is 111 cm³/mol. The number of benzene rings is 2. The minimum atomic E-state index is -3.67. The molecule has 3 rings (SSSR count). The van der Waals surface area contributed by atoms with Crippen molar-refractivity contribution in [3.8, 4) is 0 Å². The highest BCUT2D eigenvalue weighted by Gasteiger charge is 2.21. The molecule has 7 heteroatoms. The van der Waals surface area contributed by atoms with Gasteiger partial charge in [0.05, 0.1) is 30.8 Å². The molecule has 3 aromatic rings. The zero-order valence-corrected chi connectivity index (χ0v) is 17.1. The largest absolute Gasteiger partial charge is 0.377 e. The molecule has 0 saturated heterocycles. The standard InChI is InChI=1S/C19H19IN2O3S/c20-11-13-25-12-6-14-26(23,24)19-21-17-9-4-5-10-18(17)22(19)15-16-7-2-1-3-8-16/h1-10,14H,11-13,15H2/b14-6+. The number of hydrogen-bond donors (Lipinski definition) is 0. The van der Waals surface area contributed by atoms with Crippen LogP contribution in [0.1, 0.15) is 5.56 Å². The van der Waals surface area contributed by atoms with Gasteiger partial charge in [0.2, 0.25) is 15.0 Å². The van der Waals surface area contributed by atoms with Gasteiger partial charge >= 0.3 is 0 Å². The highest BCUT2D eigenvalue weighted by Crippen LogP contribution is 2.22. The van der Waals surface area contributed by atoms with Gasteiger partial charge in [-0.25, -0.2) is 13.4 Å². The molecule has 2 aromatic carbocycles. The van der Waals surface area contributed by atoms with Gasteiger partial charge in [0.15, 0.2) is 0 Å². The van der Waals surface area contributed by atoms with Gasteiger partial charge in [0.25, 0.3) is 0 Å². The second kappa shape index (κ2) is 8.79. The molecule has 0 spiro atoms. The summed E-state index contributed by atoms with van der Waals surface area (Å²) in [4.78, 5) is 4.38. The Hall–Kier alpha value is -1.71. The molecular weight excluding hydrogens is 463 g/mol. The van der Waals surface area contributed by atoms with Gasteiger partial charge in [-0.2, -0.15) is 0 Å². The van der Waals surface area contributed by atoms with Crippen molar-refractivity contribution in [1.29, 1.82) is 0 Å². The number of imidazole rings is 1. The summed E-state index contributed by atoms with van der Waals surface area (Å²) >= 11 is 2.21. The summed E-state index contributed by atoms with van der Waals surface area (Å²) in [6.07, 6.45) is 1.52. The molecule has 0 unspecified atom stereocenters. The number of rotatable bonds is 8. The fourth-order valence-corrected chi connectivity index (χ4v) is 4.08. The molecule has 0 N–H and O–H groups in total. The molecule has 1 heterocycles. The van der Waals surface area contributed by atoms with E-state index in [2.05, 4.69) is 27.6 Å². The molecule has 0 aliphatic carbocycles. The van der Waals surface area contributed by atoms with Crippen LogP contribution in [0.4, 0.5) is 0 Å². The smallest absolute Gasteiger partial charge is 0.233 e. The van der Waals surface area contributed by atoms with E-state index in [9.17, 15) is 8.42 Å². The summed E-state index contributed by atoms with van der Waals surface area (Å²) in [6.45, 7) is 1.30. The Labute approximate surface area is 166 Å². The van der Waals surface area contributed by atoms with Gasteiger partial charge in [-0.15, -0.1) is 0 Å². The third kappa shape index (κ3) is 4.52. The summed E-state index contributed by atoms with van der Waals surface area (Å²) in [5, 5.41) is 1.23. The van der Waals surface area contributed by atoms with Gasteiger partial charge in [-0.3, -0.25) is 0 Å². The number of nitrogens with zero attached hydrogens (tertiary/aromatic N) is 2. The topological polar surface area (TPSA) is 61.2 Å². The fraction of sp³-hybridized carbons (Fsp3) is 0.211. The average molecular weight is 482 g/mol. The minimum absolute atomic E-state index is 0.0488. The molecule has 0 aliphatic heterocycles. The Kier molecular flexibility index (Phi) is 6.44. The van der Waals surface area contributed by atoms with E-state index in [0.29, 0.717) is 18.7 Å². The van der Waals surface area contributed by atoms with E-state index in [0.717, 1.165) is 15.5 Å². The van der Waals surface area contributed by atoms with Crippen LogP contribution in [0.5, 0.6) is 0 Å². The number of aromatic nitrogens is 2. The molecule has 0 fully saturated rings. The lowest BCUT2D eigenvalue weighted by Crippen LogP contribution is -2.10. The van der Waals surface area contributed by atoms with E-state index in [1.807, 2.05) is 54.6 Å². The van der Waals surface area contributed by atoms with E-state index >= 15 is 0 Å². The number of sulfone groups is 1. The molecular formula is C19H19IN2O3S. The number of hydrogen-bond acceptors (Lipinski definition) is 4. The first-order chi connectivity index (χ1) is 12.6. The molecule has 5 nitrogen and oxygen atoms in total. The number of halogens is 1. The van der Waals surface area contributed by atoms with Crippen LogP contribution in [0.2, 0.25) is 0 Å². The fourth-order valence-electron chi connectivity index (χ4n) is 2.62. The number of ether oxygens (including phenoxy) is 1. The molecule has 0 atom stereocenters. The Balaban J connectivity index is 1.98. The number of para-hydroxylation sites is 2. The van der Waals surface area contributed by atoms with Crippen LogP contribution in [-0.2, 0) is 21.1 Å². The molecule has 136 valence electrons. The Morgan fingerprint density at radius 1 is 1.08 bits per heavy atom. The van der Waals surface area contributed by atoms with Crippen LogP contribution in [0.15, 0.2) is 71.2 Å². The van der Waals surface area contributed by atoms with E-state index in [1.165, 1.54) is 11.5 Å². The van der Waals surface area contributed by atoms with Gasteiger partial charge < -0.3 is 9.30 Å². The summed E-state index contributed by atoms with van der Waals surface area (Å²) in [5.41, 5.74) is 2.47. The Morgan fingerprint density at radius 2 is 1.81 bits per heavy atom. The zero-order chi connectivity index (χ0) is 18.4. The first-order valence-corrected chi connectivity index (χ1v) is 11.2. The van der Waals surface area contributed by atoms with Crippen molar-refractivity contribution in [2.24, 2.45) is 0 Å². The van der Waals surface area contributed by atoms with Crippen molar-refractivity contribution < 1.29 is 13.2 Å². The maximum Gasteiger partial charge on any atom is 0.233 e. The third-order valence-corrected chi connectivity index (χ3v) is 5.58. The summed E-state index contributed by atoms with van der Waals surface area (Å²) in [7, 11) is -3.67. The molecule has 0 saturated carbocycles. The molecule has 0 aliphatic rings. The van der Waals surface area contributed by atoms with Gasteiger partial charge in [-0.05, 0) is 23.8 Å². The lowest BCUT2D eigenvalue weighted by Gasteiger charge is -2.08. The van der Waals surface area contributed by atoms with Crippen LogP contribution in [0, 0.1) is 0 Å². The summed E-state index contributed by atoms with van der Waals surface area (Å²) in [6, 6.07) is 17.2. The van der Waals surface area contributed by atoms with Crippen LogP contribution < -0.4 is 0 Å². The first-order valence-electron chi connectivity index (χ1n) is 8.16. The van der Waals surface area contributed by atoms with E-state index in [1.54, 1.807) is 4.57 Å². The maximum atomic E-state index is 12.8. The lowest BCUT2D eigenvalue weighted by molar-refractivity contribution is 0.182. The van der Waals surface area contributed by atoms with Crippen molar-refractivity contribution >= 4 is 43.5 Å². The van der Waals surface area contributed by atoms with Crippen LogP contribution in [-0.4, -0.2) is 35.6 Å². The summed E-state index contributed by atoms with van der Waals surface area (Å²) in [5.74, 6) is 0. The van der Waals surface area contributed by atoms with Crippen LogP contribution in [0.3, 0.4) is 0 Å². The second-order valence-electron chi connectivity index (χ2n) is 5.64. The molecule has 0 amide bonds. The quantitative estimate of drug-likeness (QED) is 0.278. The zero-order valence-electron chi connectivity index (χ0n) is 14.1. The van der Waals surface area contributed by atoms with Crippen LogP contribution in [0.25, 0.3) is 11.0 Å². The van der Waals surface area contributed by atoms with Crippen molar-refractivity contribution in [1.82, 2.24) is 9.55 Å².